The zero-order valence-corrected chi connectivity index (χ0v) is 27.4. The second kappa shape index (κ2) is 17.5. The first-order valence-electron chi connectivity index (χ1n) is 15.1. The Hall–Kier alpha value is -3.97. The van der Waals surface area contributed by atoms with Gasteiger partial charge in [0.1, 0.15) is 0 Å². The number of anilines is 1. The number of nitrogens with one attached hydrogen (secondary N) is 3. The van der Waals surface area contributed by atoms with Gasteiger partial charge in [0.05, 0.1) is 29.1 Å². The van der Waals surface area contributed by atoms with Crippen LogP contribution >= 0.6 is 0 Å². The van der Waals surface area contributed by atoms with Gasteiger partial charge in [0, 0.05) is 38.0 Å². The van der Waals surface area contributed by atoms with E-state index in [1.54, 1.807) is 44.2 Å². The van der Waals surface area contributed by atoms with Crippen LogP contribution in [0.15, 0.2) is 48.5 Å². The zero-order chi connectivity index (χ0) is 33.7. The molecule has 45 heavy (non-hydrogen) atoms. The van der Waals surface area contributed by atoms with Crippen LogP contribution in [0.25, 0.3) is 0 Å². The van der Waals surface area contributed by atoms with Gasteiger partial charge >= 0.3 is 5.97 Å². The number of carbonyl (C=O) groups excluding carboxylic acids is 3. The fraction of sp³-hybridized carbons (Fsp3) is 0.500. The largest absolute Gasteiger partial charge is 0.478 e. The van der Waals surface area contributed by atoms with Crippen LogP contribution in [0.5, 0.6) is 0 Å². The molecule has 2 aromatic carbocycles. The summed E-state index contributed by atoms with van der Waals surface area (Å²) < 4.78 is 26.1. The quantitative estimate of drug-likeness (QED) is 0.164. The van der Waals surface area contributed by atoms with Gasteiger partial charge in [0.15, 0.2) is 0 Å². The van der Waals surface area contributed by atoms with Gasteiger partial charge in [0.25, 0.3) is 5.91 Å². The number of nitrogens with zero attached hydrogens (tertiary/aromatic N) is 1. The fourth-order valence-electron chi connectivity index (χ4n) is 4.63. The van der Waals surface area contributed by atoms with Gasteiger partial charge in [-0.15, -0.1) is 0 Å². The van der Waals surface area contributed by atoms with Crippen LogP contribution in [0.4, 0.5) is 5.69 Å². The Morgan fingerprint density at radius 2 is 1.60 bits per heavy atom. The highest BCUT2D eigenvalue weighted by Crippen LogP contribution is 2.20. The monoisotopic (exact) mass is 646 g/mol. The highest BCUT2D eigenvalue weighted by Gasteiger charge is 2.27. The predicted molar refractivity (Wildman–Crippen MR) is 172 cm³/mol. The third kappa shape index (κ3) is 12.1. The van der Waals surface area contributed by atoms with E-state index in [4.69, 9.17) is 5.11 Å². The van der Waals surface area contributed by atoms with Gasteiger partial charge < -0.3 is 26.2 Å². The summed E-state index contributed by atoms with van der Waals surface area (Å²) in [6, 6.07) is 11.7. The van der Waals surface area contributed by atoms with E-state index in [0.717, 1.165) is 9.87 Å². The molecule has 0 bridgehead atoms. The molecule has 0 saturated heterocycles. The number of carboxylic acid groups (broad SMARTS) is 1. The summed E-state index contributed by atoms with van der Waals surface area (Å²) in [5, 5.41) is 28.3. The SMILES string of the molecule is CCCS(=O)(=O)N(C)c1cccc(C(=O)N[C@@H](CC(C)C)[C@@H](O)C[C@@H](C)C(=O)NCCC(=O)NCc2ccc(C(=O)O)cc2)c1. The summed E-state index contributed by atoms with van der Waals surface area (Å²) >= 11 is 0. The lowest BCUT2D eigenvalue weighted by molar-refractivity contribution is -0.126. The average Bonchev–Trinajstić information content (AvgIpc) is 2.99. The smallest absolute Gasteiger partial charge is 0.335 e. The molecule has 0 aliphatic heterocycles. The Bertz CT molecular complexity index is 1410. The minimum atomic E-state index is -3.52. The number of sulfonamides is 1. The minimum absolute atomic E-state index is 0.0198. The number of aliphatic hydroxyl groups excluding tert-OH is 1. The molecule has 0 fully saturated rings. The van der Waals surface area contributed by atoms with Crippen molar-refractivity contribution in [3.63, 3.8) is 0 Å². The molecular formula is C32H46N4O8S. The van der Waals surface area contributed by atoms with Gasteiger partial charge in [-0.25, -0.2) is 13.2 Å². The van der Waals surface area contributed by atoms with Crippen LogP contribution in [0.1, 0.15) is 79.7 Å². The molecule has 0 aromatic heterocycles. The number of amides is 3. The molecule has 3 atom stereocenters. The van der Waals surface area contributed by atoms with E-state index in [9.17, 15) is 32.7 Å². The van der Waals surface area contributed by atoms with Crippen molar-refractivity contribution in [1.82, 2.24) is 16.0 Å². The minimum Gasteiger partial charge on any atom is -0.478 e. The number of carboxylic acids is 1. The lowest BCUT2D eigenvalue weighted by Crippen LogP contribution is -2.46. The molecule has 0 heterocycles. The van der Waals surface area contributed by atoms with E-state index in [1.165, 1.54) is 25.2 Å². The number of rotatable bonds is 18. The van der Waals surface area contributed by atoms with E-state index in [1.807, 2.05) is 13.8 Å². The highest BCUT2D eigenvalue weighted by atomic mass is 32.2. The van der Waals surface area contributed by atoms with Crippen LogP contribution in [0.2, 0.25) is 0 Å². The summed E-state index contributed by atoms with van der Waals surface area (Å²) in [4.78, 5) is 49.0. The molecule has 248 valence electrons. The van der Waals surface area contributed by atoms with Crippen molar-refractivity contribution in [2.75, 3.05) is 23.7 Å². The van der Waals surface area contributed by atoms with Crippen molar-refractivity contribution in [3.05, 3.63) is 65.2 Å². The fourth-order valence-corrected chi connectivity index (χ4v) is 5.86. The topological polar surface area (TPSA) is 182 Å². The molecule has 0 saturated carbocycles. The van der Waals surface area contributed by atoms with Gasteiger partial charge in [-0.2, -0.15) is 0 Å². The molecular weight excluding hydrogens is 600 g/mol. The number of carbonyl (C=O) groups is 4. The summed E-state index contributed by atoms with van der Waals surface area (Å²) in [6.45, 7) is 7.64. The van der Waals surface area contributed by atoms with E-state index >= 15 is 0 Å². The van der Waals surface area contributed by atoms with Crippen LogP contribution in [0.3, 0.4) is 0 Å². The van der Waals surface area contributed by atoms with Crippen LogP contribution in [-0.2, 0) is 26.2 Å². The standard InChI is InChI=1S/C32H46N4O8S/c1-6-16-45(43,44)36(5)26-9-7-8-25(19-26)31(40)35-27(17-21(2)3)28(37)18-22(4)30(39)33-15-14-29(38)34-20-23-10-12-24(13-11-23)32(41)42/h7-13,19,21-22,27-28,37H,6,14-18,20H2,1-5H3,(H,33,39)(H,34,38)(H,35,40)(H,41,42)/t22-,27+,28+/m1/s1. The van der Waals surface area contributed by atoms with Gasteiger partial charge in [-0.1, -0.05) is 45.9 Å². The normalized spacial score (nSPS) is 13.4. The number of benzene rings is 2. The number of aromatic carboxylic acids is 1. The Balaban J connectivity index is 1.90. The first-order valence-corrected chi connectivity index (χ1v) is 16.7. The second-order valence-electron chi connectivity index (χ2n) is 11.6. The lowest BCUT2D eigenvalue weighted by atomic mass is 9.92. The third-order valence-corrected chi connectivity index (χ3v) is 9.21. The van der Waals surface area contributed by atoms with Crippen LogP contribution < -0.4 is 20.3 Å². The summed E-state index contributed by atoms with van der Waals surface area (Å²) in [5.41, 5.74) is 1.49. The summed E-state index contributed by atoms with van der Waals surface area (Å²) in [5.74, 6) is -2.63. The first-order chi connectivity index (χ1) is 21.1. The second-order valence-corrected chi connectivity index (χ2v) is 13.7. The van der Waals surface area contributed by atoms with Crippen LogP contribution in [0, 0.1) is 11.8 Å². The van der Waals surface area contributed by atoms with Crippen molar-refractivity contribution in [3.8, 4) is 0 Å². The average molecular weight is 647 g/mol. The molecule has 0 aliphatic carbocycles. The summed E-state index contributed by atoms with van der Waals surface area (Å²) in [7, 11) is -2.08. The highest BCUT2D eigenvalue weighted by molar-refractivity contribution is 7.92. The Morgan fingerprint density at radius 1 is 0.933 bits per heavy atom. The molecule has 3 amide bonds. The summed E-state index contributed by atoms with van der Waals surface area (Å²) in [6.07, 6.45) is -0.0235. The molecule has 0 radical (unpaired) electrons. The maximum Gasteiger partial charge on any atom is 0.335 e. The van der Waals surface area contributed by atoms with Crippen LogP contribution in [-0.4, -0.2) is 73.8 Å². The van der Waals surface area contributed by atoms with Crippen molar-refractivity contribution in [2.24, 2.45) is 11.8 Å². The molecule has 0 aliphatic rings. The van der Waals surface area contributed by atoms with E-state index in [-0.39, 0.29) is 60.5 Å². The maximum atomic E-state index is 13.2. The molecule has 2 rings (SSSR count). The van der Waals surface area contributed by atoms with E-state index in [0.29, 0.717) is 18.5 Å². The van der Waals surface area contributed by atoms with Crippen molar-refractivity contribution < 1.29 is 37.8 Å². The Labute approximate surface area is 265 Å². The molecule has 12 nitrogen and oxygen atoms in total. The molecule has 13 heteroatoms. The third-order valence-electron chi connectivity index (χ3n) is 7.24. The Morgan fingerprint density at radius 3 is 2.20 bits per heavy atom. The molecule has 0 unspecified atom stereocenters. The number of aliphatic hydroxyl groups is 1. The number of hydrogen-bond donors (Lipinski definition) is 5. The predicted octanol–water partition coefficient (Wildman–Crippen LogP) is 2.92. The van der Waals surface area contributed by atoms with Gasteiger partial charge in [0.2, 0.25) is 21.8 Å². The molecule has 0 spiro atoms. The maximum absolute atomic E-state index is 13.2. The van der Waals surface area contributed by atoms with E-state index in [2.05, 4.69) is 16.0 Å². The van der Waals surface area contributed by atoms with E-state index < -0.39 is 40.0 Å². The van der Waals surface area contributed by atoms with Crippen molar-refractivity contribution in [1.29, 1.82) is 0 Å². The molecule has 2 aromatic rings. The zero-order valence-electron chi connectivity index (χ0n) is 26.6. The lowest BCUT2D eigenvalue weighted by Gasteiger charge is -2.28. The first kappa shape index (κ1) is 37.2. The van der Waals surface area contributed by atoms with Gasteiger partial charge in [-0.05, 0) is 61.1 Å². The molecule has 5 N–H and O–H groups in total. The van der Waals surface area contributed by atoms with Crippen molar-refractivity contribution >= 4 is 39.4 Å². The van der Waals surface area contributed by atoms with Crippen molar-refractivity contribution in [2.45, 2.75) is 72.1 Å². The Kier molecular flexibility index (Phi) is 14.5. The van der Waals surface area contributed by atoms with Gasteiger partial charge in [-0.3, -0.25) is 18.7 Å². The number of hydrogen-bond acceptors (Lipinski definition) is 7.